The van der Waals surface area contributed by atoms with Crippen molar-refractivity contribution in [3.63, 3.8) is 0 Å². The molecule has 0 radical (unpaired) electrons. The summed E-state index contributed by atoms with van der Waals surface area (Å²) >= 11 is 0. The predicted octanol–water partition coefficient (Wildman–Crippen LogP) is 5.51. The number of para-hydroxylation sites is 2. The normalized spacial score (nSPS) is 18.1. The molecule has 0 aromatic heterocycles. The zero-order valence-corrected chi connectivity index (χ0v) is 26.6. The van der Waals surface area contributed by atoms with E-state index >= 15 is 0 Å². The molecule has 48 heavy (non-hydrogen) atoms. The number of nitrogens with one attached hydrogen (secondary N) is 2. The van der Waals surface area contributed by atoms with Crippen LogP contribution in [-0.4, -0.2) is 62.4 Å². The minimum atomic E-state index is -1.24. The summed E-state index contributed by atoms with van der Waals surface area (Å²) < 4.78 is 22.0. The molecule has 0 spiro atoms. The standard InChI is InChI=1S/C36H34N2O10/c1-45-25-15-13-19(17-27(25)47-3)29-30(20-14-16-26(46-2)28(18-20)48-4)32(34(40)38-24-12-8-6-10-22(24)36(43)44)31(29)33(39)37-23-11-7-5-9-21(23)35(41)42/h5-18,29-32H,1-4H3,(H,37,39)(H,38,40)(H,41,42)(H,43,44). The lowest BCUT2D eigenvalue weighted by molar-refractivity contribution is -0.138. The van der Waals surface area contributed by atoms with Gasteiger partial charge in [0.15, 0.2) is 23.0 Å². The Morgan fingerprint density at radius 3 is 1.21 bits per heavy atom. The Kier molecular flexibility index (Phi) is 9.83. The number of anilines is 2. The van der Waals surface area contributed by atoms with Crippen molar-refractivity contribution in [3.8, 4) is 23.0 Å². The smallest absolute Gasteiger partial charge is 0.337 e. The summed E-state index contributed by atoms with van der Waals surface area (Å²) in [5.74, 6) is -5.37. The van der Waals surface area contributed by atoms with Crippen LogP contribution in [0.15, 0.2) is 84.9 Å². The molecule has 0 bridgehead atoms. The van der Waals surface area contributed by atoms with Crippen molar-refractivity contribution in [2.45, 2.75) is 11.8 Å². The van der Waals surface area contributed by atoms with Crippen molar-refractivity contribution in [2.24, 2.45) is 11.8 Å². The number of aromatic carboxylic acids is 2. The molecule has 1 fully saturated rings. The quantitative estimate of drug-likeness (QED) is 0.153. The zero-order chi connectivity index (χ0) is 34.5. The molecule has 1 aliphatic carbocycles. The van der Waals surface area contributed by atoms with Crippen LogP contribution in [0.4, 0.5) is 11.4 Å². The van der Waals surface area contributed by atoms with Gasteiger partial charge in [-0.2, -0.15) is 0 Å². The number of amides is 2. The first-order valence-electron chi connectivity index (χ1n) is 14.8. The van der Waals surface area contributed by atoms with Crippen LogP contribution in [0.25, 0.3) is 0 Å². The van der Waals surface area contributed by atoms with Crippen molar-refractivity contribution in [3.05, 3.63) is 107 Å². The number of carboxylic acids is 2. The Bertz CT molecular complexity index is 1740. The van der Waals surface area contributed by atoms with E-state index in [0.717, 1.165) is 0 Å². The molecule has 4 unspecified atom stereocenters. The summed E-state index contributed by atoms with van der Waals surface area (Å²) in [5.41, 5.74) is 1.17. The van der Waals surface area contributed by atoms with E-state index in [9.17, 15) is 29.4 Å². The highest BCUT2D eigenvalue weighted by Crippen LogP contribution is 2.59. The third kappa shape index (κ3) is 6.32. The van der Waals surface area contributed by atoms with Crippen LogP contribution in [-0.2, 0) is 9.59 Å². The Morgan fingerprint density at radius 1 is 0.521 bits per heavy atom. The Labute approximate surface area is 276 Å². The number of carbonyl (C=O) groups excluding carboxylic acids is 2. The molecule has 0 heterocycles. The van der Waals surface area contributed by atoms with Crippen molar-refractivity contribution in [2.75, 3.05) is 39.1 Å². The van der Waals surface area contributed by atoms with E-state index in [1.165, 1.54) is 64.8 Å². The molecule has 1 aliphatic rings. The minimum absolute atomic E-state index is 0.0611. The number of carboxylic acid groups (broad SMARTS) is 2. The fraction of sp³-hybridized carbons (Fsp3) is 0.222. The first kappa shape index (κ1) is 33.3. The van der Waals surface area contributed by atoms with Crippen molar-refractivity contribution < 1.29 is 48.3 Å². The van der Waals surface area contributed by atoms with Crippen LogP contribution in [0.3, 0.4) is 0 Å². The number of hydrogen-bond donors (Lipinski definition) is 4. The summed E-state index contributed by atoms with van der Waals surface area (Å²) in [7, 11) is 5.96. The van der Waals surface area contributed by atoms with E-state index in [2.05, 4.69) is 10.6 Å². The maximum atomic E-state index is 14.3. The van der Waals surface area contributed by atoms with Crippen molar-refractivity contribution in [1.29, 1.82) is 0 Å². The molecule has 4 atom stereocenters. The molecule has 12 nitrogen and oxygen atoms in total. The number of ether oxygens (including phenoxy) is 4. The second kappa shape index (κ2) is 14.2. The molecule has 12 heteroatoms. The van der Waals surface area contributed by atoms with Gasteiger partial charge in [-0.15, -0.1) is 0 Å². The monoisotopic (exact) mass is 654 g/mol. The maximum absolute atomic E-state index is 14.3. The first-order valence-corrected chi connectivity index (χ1v) is 14.8. The fourth-order valence-corrected chi connectivity index (χ4v) is 6.34. The van der Waals surface area contributed by atoms with E-state index in [-0.39, 0.29) is 22.5 Å². The van der Waals surface area contributed by atoms with Crippen molar-refractivity contribution >= 4 is 35.1 Å². The van der Waals surface area contributed by atoms with Gasteiger partial charge in [0.2, 0.25) is 11.8 Å². The average Bonchev–Trinajstić information content (AvgIpc) is 3.07. The maximum Gasteiger partial charge on any atom is 0.337 e. The summed E-state index contributed by atoms with van der Waals surface area (Å²) in [6.45, 7) is 0. The summed E-state index contributed by atoms with van der Waals surface area (Å²) in [5, 5.41) is 25.0. The zero-order valence-electron chi connectivity index (χ0n) is 26.6. The molecule has 4 aromatic carbocycles. The van der Waals surface area contributed by atoms with Gasteiger partial charge < -0.3 is 39.8 Å². The molecule has 248 valence electrons. The highest BCUT2D eigenvalue weighted by molar-refractivity contribution is 6.07. The number of carbonyl (C=O) groups is 4. The number of benzene rings is 4. The molecule has 1 saturated carbocycles. The summed E-state index contributed by atoms with van der Waals surface area (Å²) in [4.78, 5) is 52.5. The Balaban J connectivity index is 1.67. The second-order valence-electron chi connectivity index (χ2n) is 11.0. The highest BCUT2D eigenvalue weighted by atomic mass is 16.5. The van der Waals surface area contributed by atoms with Crippen molar-refractivity contribution in [1.82, 2.24) is 0 Å². The fourth-order valence-electron chi connectivity index (χ4n) is 6.34. The minimum Gasteiger partial charge on any atom is -0.493 e. The van der Waals surface area contributed by atoms with Gasteiger partial charge in [0.25, 0.3) is 0 Å². The van der Waals surface area contributed by atoms with Crippen LogP contribution in [0.5, 0.6) is 23.0 Å². The number of hydrogen-bond acceptors (Lipinski definition) is 8. The van der Waals surface area contributed by atoms with E-state index < -0.39 is 47.4 Å². The van der Waals surface area contributed by atoms with Gasteiger partial charge >= 0.3 is 11.9 Å². The van der Waals surface area contributed by atoms with Crippen LogP contribution in [0.1, 0.15) is 43.7 Å². The Morgan fingerprint density at radius 2 is 0.875 bits per heavy atom. The largest absolute Gasteiger partial charge is 0.493 e. The molecule has 5 rings (SSSR count). The van der Waals surface area contributed by atoms with Gasteiger partial charge in [-0.25, -0.2) is 9.59 Å². The topological polar surface area (TPSA) is 170 Å². The van der Waals surface area contributed by atoms with Crippen LogP contribution in [0.2, 0.25) is 0 Å². The predicted molar refractivity (Wildman–Crippen MR) is 176 cm³/mol. The molecule has 4 N–H and O–H groups in total. The molecule has 0 aliphatic heterocycles. The van der Waals surface area contributed by atoms with Crippen LogP contribution < -0.4 is 29.6 Å². The highest BCUT2D eigenvalue weighted by Gasteiger charge is 2.58. The lowest BCUT2D eigenvalue weighted by Gasteiger charge is -2.51. The average molecular weight is 655 g/mol. The number of methoxy groups -OCH3 is 4. The summed E-state index contributed by atoms with van der Waals surface area (Å²) in [6, 6.07) is 22.3. The molecular formula is C36H34N2O10. The molecular weight excluding hydrogens is 620 g/mol. The van der Waals surface area contributed by atoms with Gasteiger partial charge in [-0.05, 0) is 59.7 Å². The van der Waals surface area contributed by atoms with E-state index in [1.54, 1.807) is 48.5 Å². The third-order valence-electron chi connectivity index (χ3n) is 8.57. The van der Waals surface area contributed by atoms with Gasteiger partial charge in [-0.1, -0.05) is 36.4 Å². The van der Waals surface area contributed by atoms with Gasteiger partial charge in [-0.3, -0.25) is 9.59 Å². The number of rotatable bonds is 12. The lowest BCUT2D eigenvalue weighted by atomic mass is 9.51. The molecule has 0 saturated heterocycles. The van der Waals surface area contributed by atoms with Crippen LogP contribution >= 0.6 is 0 Å². The van der Waals surface area contributed by atoms with Gasteiger partial charge in [0, 0.05) is 11.8 Å². The molecule has 4 aromatic rings. The second-order valence-corrected chi connectivity index (χ2v) is 11.0. The SMILES string of the molecule is COc1ccc(C2C(C(=O)Nc3ccccc3C(=O)O)C(C(=O)Nc3ccccc3C(=O)O)C2c2ccc(OC)c(OC)c2)cc1OC. The van der Waals surface area contributed by atoms with Gasteiger partial charge in [0.05, 0.1) is 62.8 Å². The molecule has 2 amide bonds. The van der Waals surface area contributed by atoms with Gasteiger partial charge in [0.1, 0.15) is 0 Å². The van der Waals surface area contributed by atoms with E-state index in [0.29, 0.717) is 34.1 Å². The lowest BCUT2D eigenvalue weighted by Crippen LogP contribution is -2.54. The van der Waals surface area contributed by atoms with Crippen LogP contribution in [0, 0.1) is 11.8 Å². The third-order valence-corrected chi connectivity index (χ3v) is 8.57. The van der Waals surface area contributed by atoms with E-state index in [1.807, 2.05) is 0 Å². The Hall–Kier alpha value is -6.04. The summed E-state index contributed by atoms with van der Waals surface area (Å²) in [6.07, 6.45) is 0. The first-order chi connectivity index (χ1) is 23.1. The van der Waals surface area contributed by atoms with E-state index in [4.69, 9.17) is 18.9 Å².